The quantitative estimate of drug-likeness (QED) is 0.873. The molecule has 5 nitrogen and oxygen atoms in total. The number of morpholine rings is 1. The molecule has 1 atom stereocenters. The average Bonchev–Trinajstić information content (AvgIpc) is 2.66. The predicted octanol–water partition coefficient (Wildman–Crippen LogP) is 2.23. The number of carbonyl (C=O) groups is 1. The highest BCUT2D eigenvalue weighted by Crippen LogP contribution is 2.16. The summed E-state index contributed by atoms with van der Waals surface area (Å²) in [5.74, 6) is -0.321. The monoisotopic (exact) mass is 344 g/mol. The number of amides is 1. The lowest BCUT2D eigenvalue weighted by Crippen LogP contribution is -2.48. The van der Waals surface area contributed by atoms with Crippen molar-refractivity contribution in [2.24, 2.45) is 0 Å². The zero-order valence-corrected chi connectivity index (χ0v) is 13.9. The van der Waals surface area contributed by atoms with Gasteiger partial charge in [-0.15, -0.1) is 0 Å². The molecule has 1 aliphatic rings. The first-order chi connectivity index (χ1) is 12.2. The van der Waals surface area contributed by atoms with E-state index in [4.69, 9.17) is 9.47 Å². The largest absolute Gasteiger partial charge is 0.484 e. The minimum Gasteiger partial charge on any atom is -0.484 e. The normalized spacial score (nSPS) is 17.2. The minimum atomic E-state index is -0.394. The van der Waals surface area contributed by atoms with E-state index >= 15 is 0 Å². The maximum Gasteiger partial charge on any atom is 0.258 e. The van der Waals surface area contributed by atoms with E-state index in [1.54, 1.807) is 6.07 Å². The van der Waals surface area contributed by atoms with Crippen LogP contribution >= 0.6 is 0 Å². The van der Waals surface area contributed by atoms with Gasteiger partial charge in [-0.25, -0.2) is 4.39 Å². The van der Waals surface area contributed by atoms with Crippen LogP contribution in [0.4, 0.5) is 10.1 Å². The highest BCUT2D eigenvalue weighted by Gasteiger charge is 2.21. The number of hydrogen-bond donors (Lipinski definition) is 1. The molecule has 1 unspecified atom stereocenters. The van der Waals surface area contributed by atoms with Crippen molar-refractivity contribution in [3.8, 4) is 5.75 Å². The molecule has 0 radical (unpaired) electrons. The average molecular weight is 344 g/mol. The molecule has 3 rings (SSSR count). The van der Waals surface area contributed by atoms with E-state index in [-0.39, 0.29) is 18.6 Å². The molecule has 0 aromatic heterocycles. The van der Waals surface area contributed by atoms with Crippen molar-refractivity contribution < 1.29 is 18.7 Å². The third-order valence-electron chi connectivity index (χ3n) is 3.95. The lowest BCUT2D eigenvalue weighted by atomic mass is 10.2. The van der Waals surface area contributed by atoms with Crippen molar-refractivity contribution >= 4 is 11.6 Å². The molecule has 0 aliphatic carbocycles. The number of anilines is 1. The summed E-state index contributed by atoms with van der Waals surface area (Å²) in [6, 6.07) is 15.8. The van der Waals surface area contributed by atoms with Gasteiger partial charge >= 0.3 is 0 Å². The fourth-order valence-electron chi connectivity index (χ4n) is 2.70. The minimum absolute atomic E-state index is 0.0768. The summed E-state index contributed by atoms with van der Waals surface area (Å²) < 4.78 is 24.0. The Labute approximate surface area is 146 Å². The van der Waals surface area contributed by atoms with E-state index in [9.17, 15) is 9.18 Å². The molecule has 1 fully saturated rings. The lowest BCUT2D eigenvalue weighted by Gasteiger charge is -2.34. The maximum absolute atomic E-state index is 13.1. The van der Waals surface area contributed by atoms with E-state index in [0.717, 1.165) is 18.8 Å². The predicted molar refractivity (Wildman–Crippen MR) is 93.3 cm³/mol. The van der Waals surface area contributed by atoms with Crippen LogP contribution in [0.2, 0.25) is 0 Å². The smallest absolute Gasteiger partial charge is 0.258 e. The Kier molecular flexibility index (Phi) is 5.85. The van der Waals surface area contributed by atoms with Crippen molar-refractivity contribution in [1.29, 1.82) is 0 Å². The van der Waals surface area contributed by atoms with Gasteiger partial charge in [-0.2, -0.15) is 0 Å². The zero-order valence-electron chi connectivity index (χ0n) is 13.9. The standard InChI is InChI=1S/C19H21FN2O3/c20-15-5-4-8-17(11-15)25-14-19(23)21-12-18-13-22(9-10-24-18)16-6-2-1-3-7-16/h1-8,11,18H,9-10,12-14H2,(H,21,23). The summed E-state index contributed by atoms with van der Waals surface area (Å²) in [7, 11) is 0. The van der Waals surface area contributed by atoms with Gasteiger partial charge in [0.15, 0.2) is 6.61 Å². The number of nitrogens with one attached hydrogen (secondary N) is 1. The molecule has 2 aromatic carbocycles. The fourth-order valence-corrected chi connectivity index (χ4v) is 2.70. The Morgan fingerprint density at radius 1 is 1.24 bits per heavy atom. The number of nitrogens with zero attached hydrogens (tertiary/aromatic N) is 1. The van der Waals surface area contributed by atoms with Crippen LogP contribution in [0.1, 0.15) is 0 Å². The van der Waals surface area contributed by atoms with Crippen LogP contribution in [0.25, 0.3) is 0 Å². The molecule has 1 heterocycles. The van der Waals surface area contributed by atoms with Crippen LogP contribution in [0, 0.1) is 5.82 Å². The van der Waals surface area contributed by atoms with Gasteiger partial charge in [-0.1, -0.05) is 24.3 Å². The van der Waals surface area contributed by atoms with E-state index < -0.39 is 5.82 Å². The lowest BCUT2D eigenvalue weighted by molar-refractivity contribution is -0.123. The Morgan fingerprint density at radius 2 is 2.08 bits per heavy atom. The van der Waals surface area contributed by atoms with Crippen LogP contribution in [-0.2, 0) is 9.53 Å². The van der Waals surface area contributed by atoms with Crippen LogP contribution in [-0.4, -0.2) is 44.9 Å². The summed E-state index contributed by atoms with van der Waals surface area (Å²) in [5.41, 5.74) is 1.15. The second-order valence-electron chi connectivity index (χ2n) is 5.82. The zero-order chi connectivity index (χ0) is 17.5. The third kappa shape index (κ3) is 5.19. The first-order valence-corrected chi connectivity index (χ1v) is 8.27. The van der Waals surface area contributed by atoms with Crippen LogP contribution in [0.15, 0.2) is 54.6 Å². The van der Waals surface area contributed by atoms with E-state index in [1.807, 2.05) is 18.2 Å². The number of benzene rings is 2. The number of halogens is 1. The van der Waals surface area contributed by atoms with Gasteiger partial charge in [0.2, 0.25) is 0 Å². The summed E-state index contributed by atoms with van der Waals surface area (Å²) in [5, 5.41) is 2.80. The van der Waals surface area contributed by atoms with E-state index in [2.05, 4.69) is 22.3 Å². The number of para-hydroxylation sites is 1. The van der Waals surface area contributed by atoms with Crippen molar-refractivity contribution in [2.45, 2.75) is 6.10 Å². The van der Waals surface area contributed by atoms with Gasteiger partial charge in [-0.3, -0.25) is 4.79 Å². The Balaban J connectivity index is 1.42. The molecule has 0 spiro atoms. The highest BCUT2D eigenvalue weighted by molar-refractivity contribution is 5.77. The number of ether oxygens (including phenoxy) is 2. The van der Waals surface area contributed by atoms with Gasteiger partial charge in [0, 0.05) is 31.4 Å². The van der Waals surface area contributed by atoms with E-state index in [0.29, 0.717) is 18.9 Å². The van der Waals surface area contributed by atoms with Crippen LogP contribution in [0.5, 0.6) is 5.75 Å². The van der Waals surface area contributed by atoms with Crippen LogP contribution in [0.3, 0.4) is 0 Å². The molecular formula is C19H21FN2O3. The third-order valence-corrected chi connectivity index (χ3v) is 3.95. The molecule has 0 saturated carbocycles. The second kappa shape index (κ2) is 8.48. The Hall–Kier alpha value is -2.60. The molecular weight excluding hydrogens is 323 g/mol. The van der Waals surface area contributed by atoms with Gasteiger partial charge in [0.25, 0.3) is 5.91 Å². The molecule has 1 N–H and O–H groups in total. The SMILES string of the molecule is O=C(COc1cccc(F)c1)NCC1CN(c2ccccc2)CCO1. The van der Waals surface area contributed by atoms with Gasteiger partial charge < -0.3 is 19.7 Å². The molecule has 6 heteroatoms. The summed E-state index contributed by atoms with van der Waals surface area (Å²) in [6.07, 6.45) is -0.0768. The molecule has 2 aromatic rings. The maximum atomic E-state index is 13.1. The molecule has 1 aliphatic heterocycles. The molecule has 132 valence electrons. The molecule has 0 bridgehead atoms. The summed E-state index contributed by atoms with van der Waals surface area (Å²) in [6.45, 7) is 2.43. The first-order valence-electron chi connectivity index (χ1n) is 8.27. The van der Waals surface area contributed by atoms with Crippen molar-refractivity contribution in [3.05, 3.63) is 60.4 Å². The second-order valence-corrected chi connectivity index (χ2v) is 5.82. The number of carbonyl (C=O) groups excluding carboxylic acids is 1. The Morgan fingerprint density at radius 3 is 2.88 bits per heavy atom. The first kappa shape index (κ1) is 17.2. The van der Waals surface area contributed by atoms with Crippen molar-refractivity contribution in [1.82, 2.24) is 5.32 Å². The van der Waals surface area contributed by atoms with Gasteiger partial charge in [-0.05, 0) is 24.3 Å². The van der Waals surface area contributed by atoms with Crippen LogP contribution < -0.4 is 15.0 Å². The Bertz CT molecular complexity index is 696. The summed E-state index contributed by atoms with van der Waals surface area (Å²) >= 11 is 0. The highest BCUT2D eigenvalue weighted by atomic mass is 19.1. The number of rotatable bonds is 6. The fraction of sp³-hybridized carbons (Fsp3) is 0.316. The van der Waals surface area contributed by atoms with Crippen molar-refractivity contribution in [2.75, 3.05) is 37.7 Å². The molecule has 1 saturated heterocycles. The molecule has 1 amide bonds. The van der Waals surface area contributed by atoms with Crippen molar-refractivity contribution in [3.63, 3.8) is 0 Å². The van der Waals surface area contributed by atoms with Gasteiger partial charge in [0.05, 0.1) is 12.7 Å². The van der Waals surface area contributed by atoms with Gasteiger partial charge in [0.1, 0.15) is 11.6 Å². The van der Waals surface area contributed by atoms with E-state index in [1.165, 1.54) is 18.2 Å². The molecule has 25 heavy (non-hydrogen) atoms. The number of hydrogen-bond acceptors (Lipinski definition) is 4. The topological polar surface area (TPSA) is 50.8 Å². The summed E-state index contributed by atoms with van der Waals surface area (Å²) in [4.78, 5) is 14.1.